The van der Waals surface area contributed by atoms with Crippen molar-refractivity contribution < 1.29 is 4.39 Å². The molecule has 82 valence electrons. The molecule has 3 heteroatoms. The van der Waals surface area contributed by atoms with Crippen LogP contribution in [0.2, 0.25) is 0 Å². The van der Waals surface area contributed by atoms with E-state index in [9.17, 15) is 4.39 Å². The Bertz CT molecular complexity index is 397. The summed E-state index contributed by atoms with van der Waals surface area (Å²) in [6.07, 6.45) is 1.98. The zero-order valence-electron chi connectivity index (χ0n) is 8.98. The molecule has 1 fully saturated rings. The first-order chi connectivity index (χ1) is 6.99. The Morgan fingerprint density at radius 3 is 2.53 bits per heavy atom. The Labute approximate surface area is 98.0 Å². The summed E-state index contributed by atoms with van der Waals surface area (Å²) in [5, 5.41) is 0. The second kappa shape index (κ2) is 3.56. The lowest BCUT2D eigenvalue weighted by atomic mass is 9.88. The molecule has 0 spiro atoms. The molecule has 0 heterocycles. The number of nitrogens with two attached hydrogens (primary N) is 1. The minimum atomic E-state index is -0.130. The molecule has 1 saturated carbocycles. The number of hydrogen-bond acceptors (Lipinski definition) is 1. The van der Waals surface area contributed by atoms with Crippen molar-refractivity contribution in [3.63, 3.8) is 0 Å². The van der Waals surface area contributed by atoms with Crippen molar-refractivity contribution >= 4 is 15.9 Å². The van der Waals surface area contributed by atoms with Gasteiger partial charge in [-0.25, -0.2) is 4.39 Å². The van der Waals surface area contributed by atoms with Crippen LogP contribution in [0.5, 0.6) is 0 Å². The van der Waals surface area contributed by atoms with Gasteiger partial charge in [0.1, 0.15) is 5.82 Å². The third-order valence-corrected chi connectivity index (χ3v) is 4.10. The van der Waals surface area contributed by atoms with Gasteiger partial charge in [0, 0.05) is 21.5 Å². The molecule has 0 aromatic heterocycles. The first kappa shape index (κ1) is 11.1. The highest BCUT2D eigenvalue weighted by atomic mass is 79.9. The maximum absolute atomic E-state index is 14.1. The summed E-state index contributed by atoms with van der Waals surface area (Å²) in [6, 6.07) is 3.71. The average molecular weight is 272 g/mol. The topological polar surface area (TPSA) is 26.0 Å². The molecule has 15 heavy (non-hydrogen) atoms. The quantitative estimate of drug-likeness (QED) is 0.878. The third kappa shape index (κ3) is 1.62. The molecule has 0 radical (unpaired) electrons. The lowest BCUT2D eigenvalue weighted by molar-refractivity contribution is 0.506. The van der Waals surface area contributed by atoms with Crippen molar-refractivity contribution in [2.24, 2.45) is 5.73 Å². The molecule has 2 rings (SSSR count). The van der Waals surface area contributed by atoms with Crippen LogP contribution in [0.4, 0.5) is 4.39 Å². The van der Waals surface area contributed by atoms with Gasteiger partial charge in [-0.15, -0.1) is 0 Å². The minimum Gasteiger partial charge on any atom is -0.327 e. The molecule has 1 aromatic carbocycles. The highest BCUT2D eigenvalue weighted by molar-refractivity contribution is 9.10. The van der Waals surface area contributed by atoms with E-state index in [1.807, 2.05) is 13.0 Å². The lowest BCUT2D eigenvalue weighted by Crippen LogP contribution is -2.32. The van der Waals surface area contributed by atoms with Gasteiger partial charge in [-0.1, -0.05) is 22.0 Å². The second-order valence-corrected chi connectivity index (χ2v) is 5.35. The van der Waals surface area contributed by atoms with Crippen LogP contribution >= 0.6 is 15.9 Å². The summed E-state index contributed by atoms with van der Waals surface area (Å²) >= 11 is 3.43. The molecule has 0 saturated heterocycles. The average Bonchev–Trinajstić information content (AvgIpc) is 2.93. The van der Waals surface area contributed by atoms with E-state index >= 15 is 0 Å². The molecule has 1 nitrogen and oxygen atoms in total. The van der Waals surface area contributed by atoms with E-state index in [2.05, 4.69) is 15.9 Å². The normalized spacial score (nSPS) is 20.1. The van der Waals surface area contributed by atoms with E-state index in [-0.39, 0.29) is 17.3 Å². The Kier molecular flexibility index (Phi) is 2.63. The Morgan fingerprint density at radius 2 is 2.07 bits per heavy atom. The summed E-state index contributed by atoms with van der Waals surface area (Å²) in [5.74, 6) is -0.0980. The van der Waals surface area contributed by atoms with Crippen LogP contribution in [0, 0.1) is 12.7 Å². The van der Waals surface area contributed by atoms with Crippen molar-refractivity contribution in [2.45, 2.75) is 38.1 Å². The van der Waals surface area contributed by atoms with Crippen LogP contribution in [0.25, 0.3) is 0 Å². The lowest BCUT2D eigenvalue weighted by Gasteiger charge is -2.22. The van der Waals surface area contributed by atoms with E-state index in [4.69, 9.17) is 5.73 Å². The number of rotatable bonds is 2. The van der Waals surface area contributed by atoms with Crippen LogP contribution in [-0.2, 0) is 5.41 Å². The van der Waals surface area contributed by atoms with E-state index in [1.165, 1.54) is 0 Å². The molecule has 1 aliphatic rings. The first-order valence-corrected chi connectivity index (χ1v) is 5.99. The summed E-state index contributed by atoms with van der Waals surface area (Å²) in [7, 11) is 0. The van der Waals surface area contributed by atoms with Gasteiger partial charge in [-0.2, -0.15) is 0 Å². The van der Waals surface area contributed by atoms with Crippen molar-refractivity contribution in [1.82, 2.24) is 0 Å². The fraction of sp³-hybridized carbons (Fsp3) is 0.500. The van der Waals surface area contributed by atoms with E-state index in [0.717, 1.165) is 22.9 Å². The largest absolute Gasteiger partial charge is 0.327 e. The summed E-state index contributed by atoms with van der Waals surface area (Å²) in [4.78, 5) is 0. The molecular formula is C12H15BrFN. The van der Waals surface area contributed by atoms with Gasteiger partial charge in [0.05, 0.1) is 0 Å². The fourth-order valence-electron chi connectivity index (χ4n) is 2.18. The van der Waals surface area contributed by atoms with Gasteiger partial charge >= 0.3 is 0 Å². The predicted octanol–water partition coefficient (Wildman–Crippen LogP) is 3.28. The van der Waals surface area contributed by atoms with Gasteiger partial charge in [0.25, 0.3) is 0 Å². The highest BCUT2D eigenvalue weighted by Crippen LogP contribution is 2.53. The van der Waals surface area contributed by atoms with Crippen LogP contribution in [-0.4, -0.2) is 6.04 Å². The smallest absolute Gasteiger partial charge is 0.131 e. The molecule has 0 amide bonds. The SMILES string of the molecule is Cc1ccc(Br)c(C2(C(C)N)CC2)c1F. The molecule has 1 unspecified atom stereocenters. The maximum Gasteiger partial charge on any atom is 0.131 e. The number of aryl methyl sites for hydroxylation is 1. The van der Waals surface area contributed by atoms with Crippen molar-refractivity contribution in [3.05, 3.63) is 33.5 Å². The van der Waals surface area contributed by atoms with Gasteiger partial charge < -0.3 is 5.73 Å². The van der Waals surface area contributed by atoms with Crippen LogP contribution in [0.3, 0.4) is 0 Å². The third-order valence-electron chi connectivity index (χ3n) is 3.44. The van der Waals surface area contributed by atoms with E-state index < -0.39 is 0 Å². The van der Waals surface area contributed by atoms with E-state index in [1.54, 1.807) is 13.0 Å². The van der Waals surface area contributed by atoms with Crippen molar-refractivity contribution in [1.29, 1.82) is 0 Å². The second-order valence-electron chi connectivity index (χ2n) is 4.50. The summed E-state index contributed by atoms with van der Waals surface area (Å²) in [5.41, 5.74) is 7.31. The minimum absolute atomic E-state index is 0.00472. The maximum atomic E-state index is 14.1. The molecule has 0 aliphatic heterocycles. The molecule has 2 N–H and O–H groups in total. The Balaban J connectivity index is 2.57. The first-order valence-electron chi connectivity index (χ1n) is 5.20. The van der Waals surface area contributed by atoms with Crippen LogP contribution < -0.4 is 5.73 Å². The van der Waals surface area contributed by atoms with E-state index in [0.29, 0.717) is 5.56 Å². The highest BCUT2D eigenvalue weighted by Gasteiger charge is 2.50. The Morgan fingerprint density at radius 1 is 1.47 bits per heavy atom. The standard InChI is InChI=1S/C12H15BrFN/c1-7-3-4-9(13)10(11(7)14)12(5-6-12)8(2)15/h3-4,8H,5-6,15H2,1-2H3. The number of hydrogen-bond donors (Lipinski definition) is 1. The number of halogens is 2. The molecule has 1 atom stereocenters. The van der Waals surface area contributed by atoms with Gasteiger partial charge in [-0.05, 0) is 38.3 Å². The summed E-state index contributed by atoms with van der Waals surface area (Å²) in [6.45, 7) is 3.75. The van der Waals surface area contributed by atoms with Gasteiger partial charge in [0.15, 0.2) is 0 Å². The van der Waals surface area contributed by atoms with Crippen molar-refractivity contribution in [3.8, 4) is 0 Å². The molecular weight excluding hydrogens is 257 g/mol. The van der Waals surface area contributed by atoms with Crippen molar-refractivity contribution in [2.75, 3.05) is 0 Å². The van der Waals surface area contributed by atoms with Crippen LogP contribution in [0.15, 0.2) is 16.6 Å². The van der Waals surface area contributed by atoms with Gasteiger partial charge in [0.2, 0.25) is 0 Å². The summed E-state index contributed by atoms with van der Waals surface area (Å²) < 4.78 is 14.9. The van der Waals surface area contributed by atoms with Crippen LogP contribution in [0.1, 0.15) is 30.9 Å². The molecule has 1 aromatic rings. The molecule has 0 bridgehead atoms. The Hall–Kier alpha value is -0.410. The zero-order valence-corrected chi connectivity index (χ0v) is 10.6. The molecule has 1 aliphatic carbocycles. The monoisotopic (exact) mass is 271 g/mol. The fourth-order valence-corrected chi connectivity index (χ4v) is 2.88. The zero-order chi connectivity index (χ0) is 11.2. The number of benzene rings is 1. The predicted molar refractivity (Wildman–Crippen MR) is 63.4 cm³/mol. The van der Waals surface area contributed by atoms with Gasteiger partial charge in [-0.3, -0.25) is 0 Å².